The first-order chi connectivity index (χ1) is 18.1. The Bertz CT molecular complexity index is 1350. The molecule has 0 saturated carbocycles. The minimum atomic E-state index is -0.335. The van der Waals surface area contributed by atoms with Crippen LogP contribution in [-0.4, -0.2) is 79.3 Å². The highest BCUT2D eigenvalue weighted by atomic mass is 32.2. The van der Waals surface area contributed by atoms with Gasteiger partial charge in [0, 0.05) is 55.2 Å². The van der Waals surface area contributed by atoms with Gasteiger partial charge in [-0.15, -0.1) is 21.5 Å². The number of thiazole rings is 1. The fraction of sp³-hybridized carbons (Fsp3) is 0.280. The molecule has 0 aliphatic carbocycles. The smallest absolute Gasteiger partial charge is 0.409 e. The molecule has 37 heavy (non-hydrogen) atoms. The standard InChI is InChI=1S/C25H25N7O3S2/c1-2-35-25(34)31-14-12-30(13-15-31)23(33)20-16-36-21(27-20)17-37-24-29-28-22(18-8-10-26-11-9-18)32(24)19-6-4-3-5-7-19/h3-11,16H,2,12-15,17H2,1H3. The topological polar surface area (TPSA) is 106 Å². The highest BCUT2D eigenvalue weighted by Crippen LogP contribution is 2.30. The number of carbonyl (C=O) groups excluding carboxylic acids is 2. The number of para-hydroxylation sites is 1. The summed E-state index contributed by atoms with van der Waals surface area (Å²) in [6, 6.07) is 13.8. The van der Waals surface area contributed by atoms with Crippen LogP contribution in [0.3, 0.4) is 0 Å². The van der Waals surface area contributed by atoms with Gasteiger partial charge in [-0.05, 0) is 31.2 Å². The van der Waals surface area contributed by atoms with E-state index in [2.05, 4.69) is 20.2 Å². The van der Waals surface area contributed by atoms with Gasteiger partial charge in [-0.25, -0.2) is 9.78 Å². The molecule has 0 N–H and O–H groups in total. The maximum atomic E-state index is 13.0. The molecular weight excluding hydrogens is 510 g/mol. The van der Waals surface area contributed by atoms with Crippen molar-refractivity contribution in [2.75, 3.05) is 32.8 Å². The average Bonchev–Trinajstić information content (AvgIpc) is 3.60. The molecule has 0 atom stereocenters. The molecule has 3 aromatic heterocycles. The number of thioether (sulfide) groups is 1. The van der Waals surface area contributed by atoms with E-state index in [1.165, 1.54) is 23.1 Å². The summed E-state index contributed by atoms with van der Waals surface area (Å²) >= 11 is 2.97. The van der Waals surface area contributed by atoms with Crippen LogP contribution in [0.15, 0.2) is 65.4 Å². The number of hydrogen-bond acceptors (Lipinski definition) is 9. The molecule has 10 nitrogen and oxygen atoms in total. The lowest BCUT2D eigenvalue weighted by atomic mass is 10.2. The van der Waals surface area contributed by atoms with Crippen LogP contribution in [0.25, 0.3) is 17.1 Å². The predicted octanol–water partition coefficient (Wildman–Crippen LogP) is 3.99. The van der Waals surface area contributed by atoms with Gasteiger partial charge in [-0.3, -0.25) is 14.3 Å². The van der Waals surface area contributed by atoms with Crippen molar-refractivity contribution in [3.8, 4) is 17.1 Å². The van der Waals surface area contributed by atoms with E-state index < -0.39 is 0 Å². The Labute approximate surface area is 222 Å². The van der Waals surface area contributed by atoms with Gasteiger partial charge >= 0.3 is 6.09 Å². The Hall–Kier alpha value is -3.77. The molecule has 2 amide bonds. The summed E-state index contributed by atoms with van der Waals surface area (Å²) in [5.41, 5.74) is 2.30. The fourth-order valence-electron chi connectivity index (χ4n) is 3.93. The van der Waals surface area contributed by atoms with Crippen molar-refractivity contribution < 1.29 is 14.3 Å². The van der Waals surface area contributed by atoms with Crippen molar-refractivity contribution in [1.82, 2.24) is 34.5 Å². The summed E-state index contributed by atoms with van der Waals surface area (Å²) in [5.74, 6) is 1.16. The number of piperazine rings is 1. The van der Waals surface area contributed by atoms with Crippen LogP contribution in [0.2, 0.25) is 0 Å². The second kappa shape index (κ2) is 11.5. The monoisotopic (exact) mass is 535 g/mol. The molecule has 5 rings (SSSR count). The zero-order chi connectivity index (χ0) is 25.6. The number of rotatable bonds is 7. The number of nitrogens with zero attached hydrogens (tertiary/aromatic N) is 7. The van der Waals surface area contributed by atoms with Crippen molar-refractivity contribution in [3.63, 3.8) is 0 Å². The third-order valence-corrected chi connectivity index (χ3v) is 7.75. The van der Waals surface area contributed by atoms with E-state index in [1.54, 1.807) is 34.5 Å². The third kappa shape index (κ3) is 5.65. The van der Waals surface area contributed by atoms with Crippen molar-refractivity contribution >= 4 is 35.1 Å². The van der Waals surface area contributed by atoms with Gasteiger partial charge in [0.15, 0.2) is 11.0 Å². The van der Waals surface area contributed by atoms with E-state index in [4.69, 9.17) is 4.74 Å². The summed E-state index contributed by atoms with van der Waals surface area (Å²) in [7, 11) is 0. The Morgan fingerprint density at radius 1 is 1.00 bits per heavy atom. The van der Waals surface area contributed by atoms with Gasteiger partial charge in [0.05, 0.1) is 12.4 Å². The van der Waals surface area contributed by atoms with E-state index in [1.807, 2.05) is 47.0 Å². The second-order valence-electron chi connectivity index (χ2n) is 8.11. The van der Waals surface area contributed by atoms with Crippen molar-refractivity contribution in [1.29, 1.82) is 0 Å². The molecule has 4 aromatic rings. The summed E-state index contributed by atoms with van der Waals surface area (Å²) in [6.45, 7) is 3.93. The Morgan fingerprint density at radius 2 is 1.73 bits per heavy atom. The highest BCUT2D eigenvalue weighted by molar-refractivity contribution is 7.98. The zero-order valence-electron chi connectivity index (χ0n) is 20.2. The van der Waals surface area contributed by atoms with Gasteiger partial charge < -0.3 is 14.5 Å². The van der Waals surface area contributed by atoms with Gasteiger partial charge in [-0.2, -0.15) is 0 Å². The highest BCUT2D eigenvalue weighted by Gasteiger charge is 2.27. The molecule has 4 heterocycles. The molecule has 0 spiro atoms. The first-order valence-electron chi connectivity index (χ1n) is 11.8. The van der Waals surface area contributed by atoms with E-state index >= 15 is 0 Å². The van der Waals surface area contributed by atoms with Crippen LogP contribution in [-0.2, 0) is 10.5 Å². The van der Waals surface area contributed by atoms with Crippen LogP contribution >= 0.6 is 23.1 Å². The van der Waals surface area contributed by atoms with Crippen molar-refractivity contribution in [2.24, 2.45) is 0 Å². The number of hydrogen-bond donors (Lipinski definition) is 0. The molecule has 1 aromatic carbocycles. The molecule has 0 radical (unpaired) electrons. The molecule has 1 saturated heterocycles. The Kier molecular flexibility index (Phi) is 7.76. The molecule has 12 heteroatoms. The number of carbonyl (C=O) groups is 2. The van der Waals surface area contributed by atoms with Gasteiger partial charge in [0.25, 0.3) is 5.91 Å². The zero-order valence-corrected chi connectivity index (χ0v) is 21.8. The number of ether oxygens (including phenoxy) is 1. The van der Waals surface area contributed by atoms with Gasteiger partial charge in [0.1, 0.15) is 10.7 Å². The Morgan fingerprint density at radius 3 is 2.46 bits per heavy atom. The van der Waals surface area contributed by atoms with Crippen molar-refractivity contribution in [2.45, 2.75) is 17.8 Å². The molecule has 1 aliphatic rings. The quantitative estimate of drug-likeness (QED) is 0.327. The molecule has 0 unspecified atom stereocenters. The molecular formula is C25H25N7O3S2. The van der Waals surface area contributed by atoms with Gasteiger partial charge in [-0.1, -0.05) is 30.0 Å². The minimum Gasteiger partial charge on any atom is -0.450 e. The van der Waals surface area contributed by atoms with Crippen LogP contribution < -0.4 is 0 Å². The van der Waals surface area contributed by atoms with Crippen LogP contribution in [0.4, 0.5) is 4.79 Å². The average molecular weight is 536 g/mol. The first kappa shape index (κ1) is 24.9. The number of pyridine rings is 1. The molecule has 0 bridgehead atoms. The summed E-state index contributed by atoms with van der Waals surface area (Å²) in [6.07, 6.45) is 3.13. The van der Waals surface area contributed by atoms with Crippen LogP contribution in [0.1, 0.15) is 22.4 Å². The fourth-order valence-corrected chi connectivity index (χ4v) is 5.67. The number of amides is 2. The van der Waals surface area contributed by atoms with E-state index in [0.717, 1.165) is 27.2 Å². The molecule has 1 aliphatic heterocycles. The normalized spacial score (nSPS) is 13.5. The van der Waals surface area contributed by atoms with E-state index in [-0.39, 0.29) is 12.0 Å². The maximum Gasteiger partial charge on any atom is 0.409 e. The largest absolute Gasteiger partial charge is 0.450 e. The third-order valence-electron chi connectivity index (χ3n) is 5.77. The second-order valence-corrected chi connectivity index (χ2v) is 9.99. The lowest BCUT2D eigenvalue weighted by Gasteiger charge is -2.33. The Balaban J connectivity index is 1.26. The van der Waals surface area contributed by atoms with Crippen molar-refractivity contribution in [3.05, 3.63) is 70.9 Å². The number of aromatic nitrogens is 5. The van der Waals surface area contributed by atoms with E-state index in [9.17, 15) is 9.59 Å². The first-order valence-corrected chi connectivity index (χ1v) is 13.7. The maximum absolute atomic E-state index is 13.0. The summed E-state index contributed by atoms with van der Waals surface area (Å²) in [4.78, 5) is 36.9. The number of benzene rings is 1. The van der Waals surface area contributed by atoms with Gasteiger partial charge in [0.2, 0.25) is 0 Å². The van der Waals surface area contributed by atoms with Crippen LogP contribution in [0.5, 0.6) is 0 Å². The SMILES string of the molecule is CCOC(=O)N1CCN(C(=O)c2csc(CSc3nnc(-c4ccncc4)n3-c3ccccc3)n2)CC1. The minimum absolute atomic E-state index is 0.122. The molecule has 190 valence electrons. The van der Waals surface area contributed by atoms with Crippen LogP contribution in [0, 0.1) is 0 Å². The van der Waals surface area contributed by atoms with E-state index in [0.29, 0.717) is 44.2 Å². The summed E-state index contributed by atoms with van der Waals surface area (Å²) in [5, 5.41) is 12.2. The lowest BCUT2D eigenvalue weighted by molar-refractivity contribution is 0.0566. The lowest BCUT2D eigenvalue weighted by Crippen LogP contribution is -2.50. The predicted molar refractivity (Wildman–Crippen MR) is 141 cm³/mol. The molecule has 1 fully saturated rings. The summed E-state index contributed by atoms with van der Waals surface area (Å²) < 4.78 is 7.06.